The van der Waals surface area contributed by atoms with Crippen LogP contribution in [0.4, 0.5) is 0 Å². The first-order valence-electron chi connectivity index (χ1n) is 16.8. The van der Waals surface area contributed by atoms with Crippen molar-refractivity contribution in [1.29, 1.82) is 0 Å². The number of rotatable bonds is 5. The van der Waals surface area contributed by atoms with Crippen LogP contribution in [0.15, 0.2) is 178 Å². The van der Waals surface area contributed by atoms with Gasteiger partial charge >= 0.3 is 0 Å². The first-order chi connectivity index (χ1) is 24.7. The van der Waals surface area contributed by atoms with Gasteiger partial charge in [-0.3, -0.25) is 0 Å². The summed E-state index contributed by atoms with van der Waals surface area (Å²) < 4.78 is 9.22. The Morgan fingerprint density at radius 2 is 1.08 bits per heavy atom. The molecular formula is C45H29N3OS. The van der Waals surface area contributed by atoms with E-state index in [0.29, 0.717) is 5.84 Å². The van der Waals surface area contributed by atoms with Gasteiger partial charge in [0.15, 0.2) is 5.84 Å². The second-order valence-corrected chi connectivity index (χ2v) is 13.7. The van der Waals surface area contributed by atoms with E-state index in [9.17, 15) is 0 Å². The molecule has 0 spiro atoms. The Kier molecular flexibility index (Phi) is 6.71. The molecule has 1 aliphatic rings. The van der Waals surface area contributed by atoms with Crippen molar-refractivity contribution in [2.24, 2.45) is 9.98 Å². The second-order valence-electron chi connectivity index (χ2n) is 12.6. The number of amidine groups is 2. The van der Waals surface area contributed by atoms with Crippen molar-refractivity contribution >= 4 is 65.1 Å². The molecule has 7 aromatic carbocycles. The number of hydrogen-bond donors (Lipinski definition) is 1. The molecule has 0 saturated carbocycles. The van der Waals surface area contributed by atoms with Crippen molar-refractivity contribution < 1.29 is 4.42 Å². The number of hydrogen-bond acceptors (Lipinski definition) is 5. The molecule has 50 heavy (non-hydrogen) atoms. The van der Waals surface area contributed by atoms with E-state index in [2.05, 4.69) is 133 Å². The van der Waals surface area contributed by atoms with Crippen LogP contribution in [0.5, 0.6) is 0 Å². The maximum atomic E-state index is 6.59. The maximum absolute atomic E-state index is 6.59. The largest absolute Gasteiger partial charge is 0.456 e. The normalized spacial score (nSPS) is 14.6. The lowest BCUT2D eigenvalue weighted by atomic mass is 9.93. The fourth-order valence-corrected chi connectivity index (χ4v) is 8.18. The van der Waals surface area contributed by atoms with Crippen LogP contribution in [-0.2, 0) is 0 Å². The minimum atomic E-state index is -0.257. The van der Waals surface area contributed by atoms with Crippen LogP contribution in [0.1, 0.15) is 22.9 Å². The molecule has 0 bridgehead atoms. The van der Waals surface area contributed by atoms with Crippen LogP contribution in [0.2, 0.25) is 0 Å². The first kappa shape index (κ1) is 28.7. The van der Waals surface area contributed by atoms with E-state index in [1.54, 1.807) is 0 Å². The summed E-state index contributed by atoms with van der Waals surface area (Å²) in [7, 11) is 0. The zero-order chi connectivity index (χ0) is 33.0. The maximum Gasteiger partial charge on any atom is 0.159 e. The van der Waals surface area contributed by atoms with Crippen molar-refractivity contribution in [3.05, 3.63) is 180 Å². The summed E-state index contributed by atoms with van der Waals surface area (Å²) >= 11 is 1.85. The Morgan fingerprint density at radius 3 is 1.86 bits per heavy atom. The zero-order valence-electron chi connectivity index (χ0n) is 26.9. The number of thiophene rings is 1. The Morgan fingerprint density at radius 1 is 0.480 bits per heavy atom. The van der Waals surface area contributed by atoms with Gasteiger partial charge in [0, 0.05) is 42.1 Å². The van der Waals surface area contributed by atoms with E-state index < -0.39 is 0 Å². The zero-order valence-corrected chi connectivity index (χ0v) is 27.7. The fourth-order valence-electron chi connectivity index (χ4n) is 7.09. The van der Waals surface area contributed by atoms with Crippen molar-refractivity contribution in [3.63, 3.8) is 0 Å². The summed E-state index contributed by atoms with van der Waals surface area (Å²) in [5.41, 5.74) is 9.37. The van der Waals surface area contributed by atoms with E-state index in [1.807, 2.05) is 47.7 Å². The molecule has 0 fully saturated rings. The van der Waals surface area contributed by atoms with Gasteiger partial charge in [-0.1, -0.05) is 121 Å². The average molecular weight is 660 g/mol. The molecule has 0 saturated heterocycles. The van der Waals surface area contributed by atoms with E-state index in [0.717, 1.165) is 50.0 Å². The van der Waals surface area contributed by atoms with E-state index in [-0.39, 0.29) is 6.17 Å². The van der Waals surface area contributed by atoms with Gasteiger partial charge in [0.2, 0.25) is 0 Å². The summed E-state index contributed by atoms with van der Waals surface area (Å²) in [5, 5.41) is 8.30. The van der Waals surface area contributed by atoms with Gasteiger partial charge in [0.25, 0.3) is 0 Å². The average Bonchev–Trinajstić information content (AvgIpc) is 3.75. The van der Waals surface area contributed by atoms with Crippen molar-refractivity contribution in [1.82, 2.24) is 5.32 Å². The summed E-state index contributed by atoms with van der Waals surface area (Å²) in [6.07, 6.45) is -0.257. The quantitative estimate of drug-likeness (QED) is 0.200. The molecule has 2 aromatic heterocycles. The van der Waals surface area contributed by atoms with E-state index in [1.165, 1.54) is 36.9 Å². The number of furan rings is 1. The molecule has 3 heterocycles. The third kappa shape index (κ3) is 4.90. The Balaban J connectivity index is 1.05. The number of benzene rings is 7. The molecule has 5 heteroatoms. The third-order valence-corrected chi connectivity index (χ3v) is 10.7. The van der Waals surface area contributed by atoms with Gasteiger partial charge < -0.3 is 9.73 Å². The molecule has 1 aliphatic heterocycles. The van der Waals surface area contributed by atoms with E-state index in [4.69, 9.17) is 14.4 Å². The summed E-state index contributed by atoms with van der Waals surface area (Å²) in [5.74, 6) is 1.47. The molecule has 0 aliphatic carbocycles. The lowest BCUT2D eigenvalue weighted by Crippen LogP contribution is -2.33. The minimum absolute atomic E-state index is 0.257. The van der Waals surface area contributed by atoms with Crippen molar-refractivity contribution in [2.45, 2.75) is 6.17 Å². The molecule has 1 unspecified atom stereocenters. The highest BCUT2D eigenvalue weighted by molar-refractivity contribution is 7.25. The lowest BCUT2D eigenvalue weighted by Gasteiger charge is -2.23. The fraction of sp³-hybridized carbons (Fsp3) is 0.0222. The van der Waals surface area contributed by atoms with Gasteiger partial charge in [-0.15, -0.1) is 11.3 Å². The van der Waals surface area contributed by atoms with Crippen molar-refractivity contribution in [2.75, 3.05) is 0 Å². The van der Waals surface area contributed by atoms with Crippen LogP contribution < -0.4 is 5.32 Å². The van der Waals surface area contributed by atoms with Gasteiger partial charge in [-0.2, -0.15) is 0 Å². The molecular weight excluding hydrogens is 631 g/mol. The summed E-state index contributed by atoms with van der Waals surface area (Å²) in [6, 6.07) is 57.5. The number of nitrogens with zero attached hydrogens (tertiary/aromatic N) is 2. The standard InChI is InChI=1S/C45H29N3OS/c1-3-11-28(12-4-1)43-46-44(29-13-5-2-6-14-29)48-45(47-43)32-20-23-36-35-22-19-31(26-39(35)49-40(36)27-32)34-16-8-7-15-33(34)30-21-24-42-38(25-30)37-17-9-10-18-41(37)50-42/h1-27,43H,(H,46,47,48). The molecule has 9 aromatic rings. The predicted octanol–water partition coefficient (Wildman–Crippen LogP) is 11.8. The number of aliphatic imine (C=N–C) groups is 2. The first-order valence-corrected chi connectivity index (χ1v) is 17.6. The third-order valence-electron chi connectivity index (χ3n) is 9.56. The smallest absolute Gasteiger partial charge is 0.159 e. The van der Waals surface area contributed by atoms with Crippen molar-refractivity contribution in [3.8, 4) is 22.3 Å². The second kappa shape index (κ2) is 11.7. The molecule has 4 nitrogen and oxygen atoms in total. The number of fused-ring (bicyclic) bond motifs is 6. The highest BCUT2D eigenvalue weighted by Gasteiger charge is 2.22. The Bertz CT molecular complexity index is 2790. The van der Waals surface area contributed by atoms with Crippen LogP contribution in [-0.4, -0.2) is 11.7 Å². The highest BCUT2D eigenvalue weighted by Crippen LogP contribution is 2.40. The molecule has 0 amide bonds. The monoisotopic (exact) mass is 659 g/mol. The lowest BCUT2D eigenvalue weighted by molar-refractivity contribution is 0.667. The van der Waals surface area contributed by atoms with Crippen LogP contribution in [0.25, 0.3) is 64.4 Å². The van der Waals surface area contributed by atoms with Gasteiger partial charge in [-0.05, 0) is 70.3 Å². The molecule has 1 N–H and O–H groups in total. The van der Waals surface area contributed by atoms with Gasteiger partial charge in [0.1, 0.15) is 23.2 Å². The van der Waals surface area contributed by atoms with Gasteiger partial charge in [0.05, 0.1) is 0 Å². The highest BCUT2D eigenvalue weighted by atomic mass is 32.1. The van der Waals surface area contributed by atoms with Crippen LogP contribution >= 0.6 is 11.3 Å². The SMILES string of the molecule is c1ccc(C2=NC(c3ccc4c(c3)oc3cc(-c5ccccc5-c5ccc6sc7ccccc7c6c5)ccc34)=NC(c3ccccc3)N2)cc1. The minimum Gasteiger partial charge on any atom is -0.456 e. The molecule has 236 valence electrons. The summed E-state index contributed by atoms with van der Waals surface area (Å²) in [6.45, 7) is 0. The van der Waals surface area contributed by atoms with E-state index >= 15 is 0 Å². The predicted molar refractivity (Wildman–Crippen MR) is 209 cm³/mol. The molecule has 1 atom stereocenters. The van der Waals surface area contributed by atoms with Crippen LogP contribution in [0.3, 0.4) is 0 Å². The number of nitrogens with one attached hydrogen (secondary N) is 1. The molecule has 10 rings (SSSR count). The van der Waals surface area contributed by atoms with Gasteiger partial charge in [-0.25, -0.2) is 9.98 Å². The Labute approximate surface area is 292 Å². The molecule has 0 radical (unpaired) electrons. The van der Waals surface area contributed by atoms with Crippen LogP contribution in [0, 0.1) is 0 Å². The summed E-state index contributed by atoms with van der Waals surface area (Å²) in [4.78, 5) is 10.1. The Hall–Kier alpha value is -6.30. The topological polar surface area (TPSA) is 49.9 Å².